The van der Waals surface area contributed by atoms with E-state index < -0.39 is 0 Å². The lowest BCUT2D eigenvalue weighted by molar-refractivity contribution is 0.228. The van der Waals surface area contributed by atoms with Crippen molar-refractivity contribution in [2.75, 3.05) is 11.9 Å². The van der Waals surface area contributed by atoms with Crippen molar-refractivity contribution < 1.29 is 0 Å². The standard InChI is InChI=1S/C13H22BrN3/c1-11-9-13(16(2)15-11)10-17-8-4-6-12(17)5-3-7-14/h9,12H,3-8,10H2,1-2H3. The first-order chi connectivity index (χ1) is 8.20. The van der Waals surface area contributed by atoms with Crippen LogP contribution in [0.3, 0.4) is 0 Å². The maximum atomic E-state index is 4.42. The molecule has 0 aliphatic carbocycles. The van der Waals surface area contributed by atoms with Crippen LogP contribution in [-0.2, 0) is 13.6 Å². The first-order valence-corrected chi connectivity index (χ1v) is 7.62. The average Bonchev–Trinajstić information content (AvgIpc) is 2.84. The lowest BCUT2D eigenvalue weighted by atomic mass is 10.1. The Kier molecular flexibility index (Phi) is 4.62. The van der Waals surface area contributed by atoms with E-state index in [1.54, 1.807) is 0 Å². The molecule has 1 aliphatic rings. The van der Waals surface area contributed by atoms with Crippen molar-refractivity contribution in [1.82, 2.24) is 14.7 Å². The van der Waals surface area contributed by atoms with E-state index in [1.807, 2.05) is 11.7 Å². The summed E-state index contributed by atoms with van der Waals surface area (Å²) in [7, 11) is 2.05. The van der Waals surface area contributed by atoms with Gasteiger partial charge >= 0.3 is 0 Å². The number of likely N-dealkylation sites (tertiary alicyclic amines) is 1. The SMILES string of the molecule is Cc1cc(CN2CCCC2CCCBr)n(C)n1. The van der Waals surface area contributed by atoms with Crippen LogP contribution >= 0.6 is 15.9 Å². The van der Waals surface area contributed by atoms with Crippen LogP contribution in [-0.4, -0.2) is 32.6 Å². The molecule has 1 aromatic heterocycles. The maximum absolute atomic E-state index is 4.42. The van der Waals surface area contributed by atoms with Gasteiger partial charge in [0.2, 0.25) is 0 Å². The van der Waals surface area contributed by atoms with Gasteiger partial charge in [0.05, 0.1) is 11.4 Å². The normalized spacial score (nSPS) is 21.2. The van der Waals surface area contributed by atoms with Crippen LogP contribution in [0, 0.1) is 6.92 Å². The van der Waals surface area contributed by atoms with Gasteiger partial charge in [0.25, 0.3) is 0 Å². The van der Waals surface area contributed by atoms with Crippen LogP contribution in [0.15, 0.2) is 6.07 Å². The van der Waals surface area contributed by atoms with Gasteiger partial charge in [0.1, 0.15) is 0 Å². The molecule has 0 amide bonds. The number of aromatic nitrogens is 2. The van der Waals surface area contributed by atoms with Crippen LogP contribution in [0.2, 0.25) is 0 Å². The summed E-state index contributed by atoms with van der Waals surface area (Å²) in [5, 5.41) is 5.55. The summed E-state index contributed by atoms with van der Waals surface area (Å²) in [6, 6.07) is 2.99. The van der Waals surface area contributed by atoms with Gasteiger partial charge in [-0.25, -0.2) is 0 Å². The maximum Gasteiger partial charge on any atom is 0.0597 e. The molecule has 1 unspecified atom stereocenters. The summed E-state index contributed by atoms with van der Waals surface area (Å²) in [6.07, 6.45) is 5.32. The first-order valence-electron chi connectivity index (χ1n) is 6.50. The molecule has 1 fully saturated rings. The third-order valence-corrected chi connectivity index (χ3v) is 4.19. The van der Waals surface area contributed by atoms with Crippen molar-refractivity contribution in [3.63, 3.8) is 0 Å². The van der Waals surface area contributed by atoms with E-state index in [2.05, 4.69) is 38.9 Å². The second kappa shape index (κ2) is 6.01. The van der Waals surface area contributed by atoms with Crippen LogP contribution < -0.4 is 0 Å². The van der Waals surface area contributed by atoms with Crippen LogP contribution in [0.5, 0.6) is 0 Å². The van der Waals surface area contributed by atoms with Gasteiger partial charge in [-0.05, 0) is 45.2 Å². The molecule has 3 nitrogen and oxygen atoms in total. The monoisotopic (exact) mass is 299 g/mol. The van der Waals surface area contributed by atoms with Crippen molar-refractivity contribution in [3.8, 4) is 0 Å². The molecule has 1 aromatic rings. The molecule has 4 heteroatoms. The van der Waals surface area contributed by atoms with E-state index in [9.17, 15) is 0 Å². The minimum absolute atomic E-state index is 0.780. The molecule has 0 N–H and O–H groups in total. The fraction of sp³-hybridized carbons (Fsp3) is 0.769. The lowest BCUT2D eigenvalue weighted by Crippen LogP contribution is -2.29. The van der Waals surface area contributed by atoms with Crippen molar-refractivity contribution in [2.45, 2.75) is 45.2 Å². The molecular weight excluding hydrogens is 278 g/mol. The highest BCUT2D eigenvalue weighted by Crippen LogP contribution is 2.23. The van der Waals surface area contributed by atoms with E-state index >= 15 is 0 Å². The second-order valence-corrected chi connectivity index (χ2v) is 5.79. The number of aryl methyl sites for hydroxylation is 2. The molecule has 0 radical (unpaired) electrons. The zero-order chi connectivity index (χ0) is 12.3. The molecule has 1 atom stereocenters. The highest BCUT2D eigenvalue weighted by atomic mass is 79.9. The number of nitrogens with zero attached hydrogens (tertiary/aromatic N) is 3. The van der Waals surface area contributed by atoms with Gasteiger partial charge in [0.15, 0.2) is 0 Å². The quantitative estimate of drug-likeness (QED) is 0.780. The van der Waals surface area contributed by atoms with E-state index in [0.717, 1.165) is 23.6 Å². The number of halogens is 1. The second-order valence-electron chi connectivity index (χ2n) is 5.00. The molecule has 0 saturated carbocycles. The summed E-state index contributed by atoms with van der Waals surface area (Å²) in [4.78, 5) is 2.62. The van der Waals surface area contributed by atoms with Crippen LogP contribution in [0.25, 0.3) is 0 Å². The predicted molar refractivity (Wildman–Crippen MR) is 74.4 cm³/mol. The van der Waals surface area contributed by atoms with Gasteiger partial charge in [-0.2, -0.15) is 5.10 Å². The number of hydrogen-bond acceptors (Lipinski definition) is 2. The summed E-state index contributed by atoms with van der Waals surface area (Å²) < 4.78 is 2.02. The van der Waals surface area contributed by atoms with Gasteiger partial charge < -0.3 is 0 Å². The smallest absolute Gasteiger partial charge is 0.0597 e. The Morgan fingerprint density at radius 1 is 1.53 bits per heavy atom. The van der Waals surface area contributed by atoms with Crippen molar-refractivity contribution >= 4 is 15.9 Å². The molecule has 2 rings (SSSR count). The summed E-state index contributed by atoms with van der Waals surface area (Å²) in [5.41, 5.74) is 2.46. The highest BCUT2D eigenvalue weighted by molar-refractivity contribution is 9.09. The minimum atomic E-state index is 0.780. The van der Waals surface area contributed by atoms with Crippen LogP contribution in [0.1, 0.15) is 37.1 Å². The van der Waals surface area contributed by atoms with Gasteiger partial charge in [-0.1, -0.05) is 15.9 Å². The van der Waals surface area contributed by atoms with Gasteiger partial charge in [0, 0.05) is 25.0 Å². The zero-order valence-electron chi connectivity index (χ0n) is 10.8. The Bertz CT molecular complexity index is 362. The minimum Gasteiger partial charge on any atom is -0.295 e. The molecule has 0 aromatic carbocycles. The Morgan fingerprint density at radius 2 is 2.35 bits per heavy atom. The highest BCUT2D eigenvalue weighted by Gasteiger charge is 2.24. The third-order valence-electron chi connectivity index (χ3n) is 3.63. The van der Waals surface area contributed by atoms with Crippen LogP contribution in [0.4, 0.5) is 0 Å². The summed E-state index contributed by atoms with van der Waals surface area (Å²) in [5.74, 6) is 0. The Hall–Kier alpha value is -0.350. The van der Waals surface area contributed by atoms with Crippen molar-refractivity contribution in [2.24, 2.45) is 7.05 Å². The molecule has 17 heavy (non-hydrogen) atoms. The summed E-state index contributed by atoms with van der Waals surface area (Å²) in [6.45, 7) is 4.37. The fourth-order valence-electron chi connectivity index (χ4n) is 2.76. The zero-order valence-corrected chi connectivity index (χ0v) is 12.4. The lowest BCUT2D eigenvalue weighted by Gasteiger charge is -2.24. The van der Waals surface area contributed by atoms with Gasteiger partial charge in [-0.15, -0.1) is 0 Å². The van der Waals surface area contributed by atoms with Crippen molar-refractivity contribution in [1.29, 1.82) is 0 Å². The molecule has 0 spiro atoms. The number of alkyl halides is 1. The molecular formula is C13H22BrN3. The van der Waals surface area contributed by atoms with E-state index in [-0.39, 0.29) is 0 Å². The average molecular weight is 300 g/mol. The Labute approximate surface area is 112 Å². The van der Waals surface area contributed by atoms with E-state index in [0.29, 0.717) is 0 Å². The predicted octanol–water partition coefficient (Wildman–Crippen LogP) is 2.87. The molecule has 0 bridgehead atoms. The largest absolute Gasteiger partial charge is 0.295 e. The number of rotatable bonds is 5. The summed E-state index contributed by atoms with van der Waals surface area (Å²) >= 11 is 3.53. The van der Waals surface area contributed by atoms with Gasteiger partial charge in [-0.3, -0.25) is 9.58 Å². The van der Waals surface area contributed by atoms with Crippen molar-refractivity contribution in [3.05, 3.63) is 17.5 Å². The Balaban J connectivity index is 1.95. The van der Waals surface area contributed by atoms with E-state index in [1.165, 1.54) is 37.9 Å². The molecule has 96 valence electrons. The Morgan fingerprint density at radius 3 is 3.00 bits per heavy atom. The third kappa shape index (κ3) is 3.32. The molecule has 1 aliphatic heterocycles. The molecule has 1 saturated heterocycles. The topological polar surface area (TPSA) is 21.1 Å². The molecule has 2 heterocycles. The van der Waals surface area contributed by atoms with E-state index in [4.69, 9.17) is 0 Å². The number of hydrogen-bond donors (Lipinski definition) is 0. The first kappa shape index (κ1) is 13.1. The fourth-order valence-corrected chi connectivity index (χ4v) is 3.09.